The van der Waals surface area contributed by atoms with Gasteiger partial charge < -0.3 is 4.74 Å². The number of pyridine rings is 1. The van der Waals surface area contributed by atoms with Gasteiger partial charge in [-0.3, -0.25) is 9.30 Å². The number of amides is 1. The minimum absolute atomic E-state index is 0.245. The maximum atomic E-state index is 12.8. The average Bonchev–Trinajstić information content (AvgIpc) is 3.30. The van der Waals surface area contributed by atoms with E-state index in [9.17, 15) is 4.79 Å². The molecule has 7 heteroatoms. The highest BCUT2D eigenvalue weighted by molar-refractivity contribution is 5.92. The van der Waals surface area contributed by atoms with Gasteiger partial charge in [-0.15, -0.1) is 10.2 Å². The van der Waals surface area contributed by atoms with Crippen molar-refractivity contribution in [3.8, 4) is 17.5 Å². The number of fused-ring (bicyclic) bond motifs is 1. The van der Waals surface area contributed by atoms with Crippen molar-refractivity contribution in [2.24, 2.45) is 0 Å². The Morgan fingerprint density at radius 1 is 1.03 bits per heavy atom. The van der Waals surface area contributed by atoms with Gasteiger partial charge in [0.2, 0.25) is 0 Å². The minimum atomic E-state index is -0.668. The molecule has 1 fully saturated rings. The Kier molecular flexibility index (Phi) is 4.22. The summed E-state index contributed by atoms with van der Waals surface area (Å²) in [5.74, 6) is 0.662. The topological polar surface area (TPSA) is 83.5 Å². The summed E-state index contributed by atoms with van der Waals surface area (Å²) in [5, 5.41) is 17.5. The fraction of sp³-hybridized carbons (Fsp3) is 0.167. The first-order valence-electron chi connectivity index (χ1n) is 9.90. The van der Waals surface area contributed by atoms with Gasteiger partial charge in [-0.05, 0) is 49.7 Å². The SMILES string of the molecule is CC1(C)OC(=O)N(c2ccc(-c3nnc4cc(C#N)ccn34)cc2)[C@H]1c1ccccc1. The number of aromatic nitrogens is 3. The Hall–Kier alpha value is -4.18. The van der Waals surface area contributed by atoms with Crippen LogP contribution in [-0.4, -0.2) is 26.3 Å². The summed E-state index contributed by atoms with van der Waals surface area (Å²) in [6.07, 6.45) is 1.41. The molecule has 1 aliphatic rings. The Morgan fingerprint density at radius 3 is 2.48 bits per heavy atom. The first kappa shape index (κ1) is 18.8. The summed E-state index contributed by atoms with van der Waals surface area (Å²) in [7, 11) is 0. The van der Waals surface area contributed by atoms with E-state index in [0.29, 0.717) is 17.0 Å². The predicted octanol–water partition coefficient (Wildman–Crippen LogP) is 4.74. The maximum Gasteiger partial charge on any atom is 0.415 e. The lowest BCUT2D eigenvalue weighted by atomic mass is 9.91. The highest BCUT2D eigenvalue weighted by Crippen LogP contribution is 2.43. The molecule has 4 aromatic rings. The average molecular weight is 409 g/mol. The van der Waals surface area contributed by atoms with E-state index in [0.717, 1.165) is 16.8 Å². The highest BCUT2D eigenvalue weighted by Gasteiger charge is 2.49. The van der Waals surface area contributed by atoms with Crippen molar-refractivity contribution in [3.63, 3.8) is 0 Å². The van der Waals surface area contributed by atoms with Crippen LogP contribution in [0.5, 0.6) is 0 Å². The van der Waals surface area contributed by atoms with E-state index in [4.69, 9.17) is 10.00 Å². The second-order valence-corrected chi connectivity index (χ2v) is 7.98. The van der Waals surface area contributed by atoms with Gasteiger partial charge in [0.25, 0.3) is 0 Å². The molecule has 0 saturated carbocycles. The number of carbonyl (C=O) groups excluding carboxylic acids is 1. The van der Waals surface area contributed by atoms with Crippen LogP contribution in [0, 0.1) is 11.3 Å². The number of hydrogen-bond donors (Lipinski definition) is 0. The van der Waals surface area contributed by atoms with E-state index in [1.54, 1.807) is 23.2 Å². The molecule has 1 saturated heterocycles. The molecule has 0 bridgehead atoms. The molecule has 1 amide bonds. The number of nitriles is 1. The molecule has 5 rings (SSSR count). The fourth-order valence-corrected chi connectivity index (χ4v) is 4.11. The normalized spacial score (nSPS) is 17.5. The summed E-state index contributed by atoms with van der Waals surface area (Å²) in [6, 6.07) is 22.8. The molecule has 0 radical (unpaired) electrons. The number of benzene rings is 2. The minimum Gasteiger partial charge on any atom is -0.441 e. The van der Waals surface area contributed by atoms with Crippen molar-refractivity contribution in [2.75, 3.05) is 4.90 Å². The van der Waals surface area contributed by atoms with Crippen LogP contribution in [0.1, 0.15) is 31.0 Å². The van der Waals surface area contributed by atoms with Crippen LogP contribution in [-0.2, 0) is 4.74 Å². The fourth-order valence-electron chi connectivity index (χ4n) is 4.11. The Morgan fingerprint density at radius 2 is 1.77 bits per heavy atom. The van der Waals surface area contributed by atoms with Gasteiger partial charge in [0.05, 0.1) is 11.6 Å². The Balaban J connectivity index is 1.52. The summed E-state index contributed by atoms with van der Waals surface area (Å²) in [4.78, 5) is 14.5. The second-order valence-electron chi connectivity index (χ2n) is 7.98. The number of carbonyl (C=O) groups is 1. The third kappa shape index (κ3) is 3.09. The van der Waals surface area contributed by atoms with E-state index < -0.39 is 5.60 Å². The quantitative estimate of drug-likeness (QED) is 0.488. The lowest BCUT2D eigenvalue weighted by Crippen LogP contribution is -2.33. The predicted molar refractivity (Wildman–Crippen MR) is 115 cm³/mol. The second kappa shape index (κ2) is 6.96. The zero-order chi connectivity index (χ0) is 21.6. The third-order valence-electron chi connectivity index (χ3n) is 5.52. The lowest BCUT2D eigenvalue weighted by Gasteiger charge is -2.29. The van der Waals surface area contributed by atoms with Crippen molar-refractivity contribution in [3.05, 3.63) is 84.1 Å². The number of hydrogen-bond acceptors (Lipinski definition) is 5. The van der Waals surface area contributed by atoms with E-state index in [2.05, 4.69) is 16.3 Å². The van der Waals surface area contributed by atoms with E-state index in [-0.39, 0.29) is 12.1 Å². The highest BCUT2D eigenvalue weighted by atomic mass is 16.6. The molecular weight excluding hydrogens is 390 g/mol. The first-order valence-corrected chi connectivity index (χ1v) is 9.90. The van der Waals surface area contributed by atoms with Crippen LogP contribution in [0.2, 0.25) is 0 Å². The van der Waals surface area contributed by atoms with Gasteiger partial charge >= 0.3 is 6.09 Å². The molecule has 31 heavy (non-hydrogen) atoms. The molecule has 0 spiro atoms. The summed E-state index contributed by atoms with van der Waals surface area (Å²) < 4.78 is 7.53. The molecule has 1 aliphatic heterocycles. The van der Waals surface area contributed by atoms with Crippen LogP contribution in [0.25, 0.3) is 17.0 Å². The third-order valence-corrected chi connectivity index (χ3v) is 5.52. The molecule has 2 aromatic carbocycles. The molecule has 1 atom stereocenters. The number of anilines is 1. The van der Waals surface area contributed by atoms with Crippen molar-refractivity contribution in [1.82, 2.24) is 14.6 Å². The monoisotopic (exact) mass is 409 g/mol. The van der Waals surface area contributed by atoms with E-state index in [1.165, 1.54) is 0 Å². The molecule has 2 aromatic heterocycles. The van der Waals surface area contributed by atoms with Crippen LogP contribution in [0.4, 0.5) is 10.5 Å². The van der Waals surface area contributed by atoms with Gasteiger partial charge in [0.15, 0.2) is 11.5 Å². The first-order chi connectivity index (χ1) is 15.0. The van der Waals surface area contributed by atoms with Crippen molar-refractivity contribution >= 4 is 17.4 Å². The maximum absolute atomic E-state index is 12.8. The van der Waals surface area contributed by atoms with Crippen molar-refractivity contribution in [2.45, 2.75) is 25.5 Å². The Bertz CT molecular complexity index is 1320. The number of cyclic esters (lactones) is 1. The van der Waals surface area contributed by atoms with Gasteiger partial charge in [0, 0.05) is 23.5 Å². The van der Waals surface area contributed by atoms with Crippen LogP contribution < -0.4 is 4.90 Å². The van der Waals surface area contributed by atoms with Crippen LogP contribution in [0.15, 0.2) is 72.9 Å². The number of rotatable bonds is 3. The van der Waals surface area contributed by atoms with Crippen molar-refractivity contribution < 1.29 is 9.53 Å². The molecule has 3 heterocycles. The lowest BCUT2D eigenvalue weighted by molar-refractivity contribution is 0.0685. The standard InChI is InChI=1S/C24H19N5O2/c1-24(2)21(17-6-4-3-5-7-17)29(23(30)31-24)19-10-8-18(9-11-19)22-27-26-20-14-16(15-25)12-13-28(20)22/h3-14,21H,1-2H3/t21-/m0/s1. The number of ether oxygens (including phenoxy) is 1. The summed E-state index contributed by atoms with van der Waals surface area (Å²) in [5.41, 5.74) is 3.08. The summed E-state index contributed by atoms with van der Waals surface area (Å²) >= 11 is 0. The Labute approximate surface area is 179 Å². The molecule has 0 aliphatic carbocycles. The van der Waals surface area contributed by atoms with E-state index in [1.807, 2.05) is 72.8 Å². The van der Waals surface area contributed by atoms with Gasteiger partial charge in [-0.25, -0.2) is 4.79 Å². The smallest absolute Gasteiger partial charge is 0.415 e. The zero-order valence-corrected chi connectivity index (χ0v) is 17.1. The molecule has 152 valence electrons. The van der Waals surface area contributed by atoms with Crippen LogP contribution in [0.3, 0.4) is 0 Å². The zero-order valence-electron chi connectivity index (χ0n) is 17.1. The van der Waals surface area contributed by atoms with Crippen molar-refractivity contribution in [1.29, 1.82) is 5.26 Å². The van der Waals surface area contributed by atoms with Gasteiger partial charge in [-0.2, -0.15) is 5.26 Å². The number of nitrogens with zero attached hydrogens (tertiary/aromatic N) is 5. The molecular formula is C24H19N5O2. The molecule has 7 nitrogen and oxygen atoms in total. The van der Waals surface area contributed by atoms with E-state index >= 15 is 0 Å². The largest absolute Gasteiger partial charge is 0.441 e. The van der Waals surface area contributed by atoms with Crippen LogP contribution >= 0.6 is 0 Å². The molecule has 0 unspecified atom stereocenters. The summed E-state index contributed by atoms with van der Waals surface area (Å²) in [6.45, 7) is 3.85. The van der Waals surface area contributed by atoms with Gasteiger partial charge in [-0.1, -0.05) is 30.3 Å². The molecule has 0 N–H and O–H groups in total. The van der Waals surface area contributed by atoms with Gasteiger partial charge in [0.1, 0.15) is 11.6 Å².